The molecule has 20 heavy (non-hydrogen) atoms. The van der Waals surface area contributed by atoms with Crippen molar-refractivity contribution in [3.8, 4) is 0 Å². The molecule has 1 aliphatic heterocycles. The van der Waals surface area contributed by atoms with Crippen molar-refractivity contribution in [2.24, 2.45) is 11.8 Å². The van der Waals surface area contributed by atoms with Gasteiger partial charge in [0.25, 0.3) is 0 Å². The van der Waals surface area contributed by atoms with E-state index in [0.717, 1.165) is 49.0 Å². The molecule has 1 aromatic heterocycles. The first kappa shape index (κ1) is 15.0. The maximum absolute atomic E-state index is 5.60. The molecule has 1 aromatic rings. The van der Waals surface area contributed by atoms with E-state index < -0.39 is 0 Å². The van der Waals surface area contributed by atoms with Crippen LogP contribution in [0.25, 0.3) is 0 Å². The van der Waals surface area contributed by atoms with E-state index >= 15 is 0 Å². The molecular weight excluding hydrogens is 250 g/mol. The molecule has 0 aromatic carbocycles. The fraction of sp³-hybridized carbons (Fsp3) is 0.733. The van der Waals surface area contributed by atoms with Gasteiger partial charge in [0.15, 0.2) is 0 Å². The zero-order chi connectivity index (χ0) is 14.4. The zero-order valence-corrected chi connectivity index (χ0v) is 12.7. The average molecular weight is 277 g/mol. The molecule has 0 aliphatic carbocycles. The van der Waals surface area contributed by atoms with Crippen molar-refractivity contribution >= 4 is 11.6 Å². The van der Waals surface area contributed by atoms with Crippen LogP contribution in [0.1, 0.15) is 51.5 Å². The first-order chi connectivity index (χ1) is 9.80. The van der Waals surface area contributed by atoms with Gasteiger partial charge in [-0.1, -0.05) is 26.7 Å². The lowest BCUT2D eigenvalue weighted by Gasteiger charge is -2.25. The van der Waals surface area contributed by atoms with E-state index in [9.17, 15) is 0 Å². The van der Waals surface area contributed by atoms with E-state index in [2.05, 4.69) is 34.1 Å². The number of rotatable bonds is 5. The summed E-state index contributed by atoms with van der Waals surface area (Å²) in [5, 5.41) is 0. The summed E-state index contributed by atoms with van der Waals surface area (Å²) < 4.78 is 0. The van der Waals surface area contributed by atoms with Crippen molar-refractivity contribution in [3.63, 3.8) is 0 Å². The summed E-state index contributed by atoms with van der Waals surface area (Å²) in [4.78, 5) is 11.2. The Morgan fingerprint density at radius 3 is 2.85 bits per heavy atom. The topological polar surface area (TPSA) is 67.1 Å². The lowest BCUT2D eigenvalue weighted by atomic mass is 9.98. The Labute approximate surface area is 121 Å². The molecule has 1 atom stereocenters. The number of hydrazine groups is 1. The number of hydrogen-bond donors (Lipinski definition) is 2. The van der Waals surface area contributed by atoms with E-state index in [4.69, 9.17) is 5.84 Å². The average Bonchev–Trinajstić information content (AvgIpc) is 2.73. The van der Waals surface area contributed by atoms with Gasteiger partial charge in [0.1, 0.15) is 18.0 Å². The van der Waals surface area contributed by atoms with Gasteiger partial charge in [-0.2, -0.15) is 0 Å². The summed E-state index contributed by atoms with van der Waals surface area (Å²) in [5.41, 5.74) is 3.88. The second-order valence-electron chi connectivity index (χ2n) is 5.61. The standard InChI is InChI=1S/C15H27N5/c1-3-6-13-14(19-16)17-11-18-15(13)20-9-5-7-12(4-2)8-10-20/h11-12H,3-10,16H2,1-2H3,(H,17,18,19). The van der Waals surface area contributed by atoms with Gasteiger partial charge in [0, 0.05) is 18.7 Å². The van der Waals surface area contributed by atoms with Gasteiger partial charge in [-0.3, -0.25) is 0 Å². The van der Waals surface area contributed by atoms with Crippen molar-refractivity contribution in [2.45, 2.75) is 52.4 Å². The molecule has 0 radical (unpaired) electrons. The summed E-state index contributed by atoms with van der Waals surface area (Å²) in [6.07, 6.45) is 8.78. The summed E-state index contributed by atoms with van der Waals surface area (Å²) in [7, 11) is 0. The molecular formula is C15H27N5. The molecule has 1 aliphatic rings. The summed E-state index contributed by atoms with van der Waals surface area (Å²) in [6, 6.07) is 0. The van der Waals surface area contributed by atoms with Crippen LogP contribution in [0.2, 0.25) is 0 Å². The molecule has 2 heterocycles. The van der Waals surface area contributed by atoms with Crippen LogP contribution in [0.15, 0.2) is 6.33 Å². The predicted octanol–water partition coefficient (Wildman–Crippen LogP) is 2.73. The summed E-state index contributed by atoms with van der Waals surface area (Å²) in [6.45, 7) is 6.65. The SMILES string of the molecule is CCCc1c(NN)ncnc1N1CCCC(CC)CC1. The second kappa shape index (κ2) is 7.43. The van der Waals surface area contributed by atoms with Crippen LogP contribution in [0.5, 0.6) is 0 Å². The highest BCUT2D eigenvalue weighted by molar-refractivity contribution is 5.58. The van der Waals surface area contributed by atoms with E-state index in [1.54, 1.807) is 6.33 Å². The highest BCUT2D eigenvalue weighted by atomic mass is 15.3. The van der Waals surface area contributed by atoms with Gasteiger partial charge in [-0.05, 0) is 31.6 Å². The first-order valence-electron chi connectivity index (χ1n) is 7.85. The third-order valence-electron chi connectivity index (χ3n) is 4.28. The molecule has 1 unspecified atom stereocenters. The van der Waals surface area contributed by atoms with Crippen LogP contribution < -0.4 is 16.2 Å². The third kappa shape index (κ3) is 3.39. The molecule has 0 saturated carbocycles. The Bertz CT molecular complexity index is 421. The van der Waals surface area contributed by atoms with Crippen LogP contribution in [-0.2, 0) is 6.42 Å². The Morgan fingerprint density at radius 2 is 2.15 bits per heavy atom. The van der Waals surface area contributed by atoms with Crippen LogP contribution in [-0.4, -0.2) is 23.1 Å². The minimum absolute atomic E-state index is 0.771. The molecule has 0 spiro atoms. The van der Waals surface area contributed by atoms with Gasteiger partial charge in [-0.25, -0.2) is 15.8 Å². The van der Waals surface area contributed by atoms with Crippen LogP contribution >= 0.6 is 0 Å². The van der Waals surface area contributed by atoms with E-state index in [1.807, 2.05) is 0 Å². The van der Waals surface area contributed by atoms with E-state index in [-0.39, 0.29) is 0 Å². The van der Waals surface area contributed by atoms with Crippen LogP contribution in [0, 0.1) is 5.92 Å². The van der Waals surface area contributed by atoms with Gasteiger partial charge >= 0.3 is 0 Å². The number of hydrogen-bond acceptors (Lipinski definition) is 5. The number of nitrogen functional groups attached to an aromatic ring is 1. The highest BCUT2D eigenvalue weighted by Gasteiger charge is 2.20. The first-order valence-corrected chi connectivity index (χ1v) is 7.85. The number of nitrogens with one attached hydrogen (secondary N) is 1. The van der Waals surface area contributed by atoms with Crippen LogP contribution in [0.3, 0.4) is 0 Å². The van der Waals surface area contributed by atoms with Gasteiger partial charge in [0.05, 0.1) is 0 Å². The van der Waals surface area contributed by atoms with Crippen molar-refractivity contribution < 1.29 is 0 Å². The quantitative estimate of drug-likeness (QED) is 0.640. The molecule has 1 saturated heterocycles. The van der Waals surface area contributed by atoms with E-state index in [0.29, 0.717) is 0 Å². The maximum atomic E-state index is 5.60. The number of nitrogens with two attached hydrogens (primary N) is 1. The molecule has 5 nitrogen and oxygen atoms in total. The lowest BCUT2D eigenvalue weighted by molar-refractivity contribution is 0.459. The third-order valence-corrected chi connectivity index (χ3v) is 4.28. The van der Waals surface area contributed by atoms with Crippen molar-refractivity contribution in [1.82, 2.24) is 9.97 Å². The highest BCUT2D eigenvalue weighted by Crippen LogP contribution is 2.28. The smallest absolute Gasteiger partial charge is 0.148 e. The molecule has 1 fully saturated rings. The zero-order valence-electron chi connectivity index (χ0n) is 12.7. The second-order valence-corrected chi connectivity index (χ2v) is 5.61. The molecule has 0 bridgehead atoms. The fourth-order valence-corrected chi connectivity index (χ4v) is 3.07. The van der Waals surface area contributed by atoms with Crippen molar-refractivity contribution in [3.05, 3.63) is 11.9 Å². The van der Waals surface area contributed by atoms with Gasteiger partial charge in [-0.15, -0.1) is 0 Å². The predicted molar refractivity (Wildman–Crippen MR) is 83.7 cm³/mol. The molecule has 2 rings (SSSR count). The minimum Gasteiger partial charge on any atom is -0.356 e. The summed E-state index contributed by atoms with van der Waals surface area (Å²) >= 11 is 0. The molecule has 112 valence electrons. The monoisotopic (exact) mass is 277 g/mol. The van der Waals surface area contributed by atoms with Crippen LogP contribution in [0.4, 0.5) is 11.6 Å². The Hall–Kier alpha value is -1.36. The molecule has 5 heteroatoms. The Balaban J connectivity index is 2.22. The van der Waals surface area contributed by atoms with E-state index in [1.165, 1.54) is 25.7 Å². The van der Waals surface area contributed by atoms with Gasteiger partial charge in [0.2, 0.25) is 0 Å². The fourth-order valence-electron chi connectivity index (χ4n) is 3.07. The summed E-state index contributed by atoms with van der Waals surface area (Å²) in [5.74, 6) is 8.31. The Kier molecular flexibility index (Phi) is 5.59. The molecule has 3 N–H and O–H groups in total. The minimum atomic E-state index is 0.771. The Morgan fingerprint density at radius 1 is 1.30 bits per heavy atom. The number of nitrogens with zero attached hydrogens (tertiary/aromatic N) is 3. The maximum Gasteiger partial charge on any atom is 0.148 e. The van der Waals surface area contributed by atoms with Crippen molar-refractivity contribution in [1.29, 1.82) is 0 Å². The number of anilines is 2. The normalized spacial score (nSPS) is 19.8. The number of aromatic nitrogens is 2. The largest absolute Gasteiger partial charge is 0.356 e. The molecule has 0 amide bonds. The van der Waals surface area contributed by atoms with Gasteiger partial charge < -0.3 is 10.3 Å². The van der Waals surface area contributed by atoms with Crippen molar-refractivity contribution in [2.75, 3.05) is 23.4 Å². The lowest BCUT2D eigenvalue weighted by Crippen LogP contribution is -2.27.